The largest absolute Gasteiger partial charge is 0.480 e. The summed E-state index contributed by atoms with van der Waals surface area (Å²) in [6, 6.07) is 6.53. The number of benzene rings is 1. The fourth-order valence-electron chi connectivity index (χ4n) is 2.67. The van der Waals surface area contributed by atoms with E-state index in [0.29, 0.717) is 0 Å². The molecule has 0 unspecified atom stereocenters. The van der Waals surface area contributed by atoms with Crippen LogP contribution in [0.25, 0.3) is 0 Å². The number of nitrogens with zero attached hydrogens (tertiary/aromatic N) is 4. The van der Waals surface area contributed by atoms with Crippen molar-refractivity contribution in [3.8, 4) is 23.4 Å². The van der Waals surface area contributed by atoms with E-state index in [1.807, 2.05) is 0 Å². The van der Waals surface area contributed by atoms with E-state index in [1.54, 1.807) is 6.07 Å². The van der Waals surface area contributed by atoms with Gasteiger partial charge >= 0.3 is 6.18 Å². The van der Waals surface area contributed by atoms with Gasteiger partial charge in [0, 0.05) is 10.6 Å². The Balaban J connectivity index is 2.02. The lowest BCUT2D eigenvalue weighted by molar-refractivity contribution is -0.142. The number of nitriles is 1. The Labute approximate surface area is 182 Å². The van der Waals surface area contributed by atoms with Crippen LogP contribution in [-0.4, -0.2) is 27.3 Å². The molecule has 166 valence electrons. The van der Waals surface area contributed by atoms with E-state index in [-0.39, 0.29) is 39.9 Å². The van der Waals surface area contributed by atoms with Crippen LogP contribution in [0.5, 0.6) is 17.4 Å². The molecule has 0 amide bonds. The Morgan fingerprint density at radius 2 is 1.97 bits per heavy atom. The van der Waals surface area contributed by atoms with Crippen molar-refractivity contribution in [1.82, 2.24) is 20.2 Å². The Morgan fingerprint density at radius 1 is 1.22 bits per heavy atom. The third-order valence-corrected chi connectivity index (χ3v) is 4.20. The van der Waals surface area contributed by atoms with Gasteiger partial charge in [-0.1, -0.05) is 11.6 Å². The number of aromatic nitrogens is 4. The van der Waals surface area contributed by atoms with Gasteiger partial charge in [-0.15, -0.1) is 5.10 Å². The van der Waals surface area contributed by atoms with Crippen molar-refractivity contribution in [3.05, 3.63) is 68.0 Å². The van der Waals surface area contributed by atoms with Gasteiger partial charge in [0.2, 0.25) is 11.6 Å². The molecule has 32 heavy (non-hydrogen) atoms. The fourth-order valence-corrected chi connectivity index (χ4v) is 2.90. The molecule has 2 aromatic heterocycles. The summed E-state index contributed by atoms with van der Waals surface area (Å²) >= 11 is 5.82. The number of aromatic amines is 1. The van der Waals surface area contributed by atoms with Crippen molar-refractivity contribution in [2.75, 3.05) is 7.11 Å². The Bertz CT molecular complexity index is 1260. The zero-order valence-electron chi connectivity index (χ0n) is 16.1. The van der Waals surface area contributed by atoms with Gasteiger partial charge in [-0.25, -0.2) is 9.37 Å². The number of hydrogen-bond acceptors (Lipinski definition) is 7. The molecule has 2 heterocycles. The number of alkyl halides is 4. The Morgan fingerprint density at radius 3 is 2.59 bits per heavy atom. The molecule has 0 saturated carbocycles. The van der Waals surface area contributed by atoms with Crippen LogP contribution in [0, 0.1) is 11.3 Å². The molecule has 0 radical (unpaired) electrons. The van der Waals surface area contributed by atoms with Crippen molar-refractivity contribution in [2.24, 2.45) is 0 Å². The highest BCUT2D eigenvalue weighted by atomic mass is 35.5. The maximum absolute atomic E-state index is 13.6. The molecular formula is C19H12ClF4N5O3. The third-order valence-electron chi connectivity index (χ3n) is 3.99. The van der Waals surface area contributed by atoms with E-state index in [2.05, 4.69) is 20.2 Å². The van der Waals surface area contributed by atoms with Crippen LogP contribution in [0.15, 0.2) is 29.1 Å². The van der Waals surface area contributed by atoms with Gasteiger partial charge in [-0.3, -0.25) is 4.79 Å². The average molecular weight is 470 g/mol. The molecule has 3 aromatic rings. The number of nitrogens with one attached hydrogen (secondary N) is 1. The summed E-state index contributed by atoms with van der Waals surface area (Å²) in [6.07, 6.45) is -5.43. The number of halogens is 5. The second-order valence-electron chi connectivity index (χ2n) is 6.26. The highest BCUT2D eigenvalue weighted by Gasteiger charge is 2.39. The second-order valence-corrected chi connectivity index (χ2v) is 6.69. The Hall–Kier alpha value is -3.72. The maximum atomic E-state index is 13.6. The first-order valence-electron chi connectivity index (χ1n) is 8.69. The van der Waals surface area contributed by atoms with E-state index in [4.69, 9.17) is 26.3 Å². The van der Waals surface area contributed by atoms with Crippen LogP contribution in [-0.2, 0) is 19.3 Å². The van der Waals surface area contributed by atoms with E-state index in [1.165, 1.54) is 19.2 Å². The standard InChI is InChI=1S/C19H12ClF4N5O3/c1-31-18-10(7-21)4-12(28-29-18)6-14-26-16(19(22,23)24)15(17(30)27-14)32-13-3-9(8-25)2-11(20)5-13/h2-5H,6-7H2,1H3,(H,26,27,30). The fraction of sp³-hybridized carbons (Fsp3) is 0.211. The maximum Gasteiger partial charge on any atom is 0.437 e. The molecule has 0 fully saturated rings. The molecule has 0 atom stereocenters. The SMILES string of the molecule is COc1nnc(Cc2nc(C(F)(F)F)c(Oc3cc(Cl)cc(C#N)c3)c(=O)[nH]2)cc1CF. The van der Waals surface area contributed by atoms with E-state index < -0.39 is 35.7 Å². The first-order chi connectivity index (χ1) is 15.1. The number of hydrogen-bond donors (Lipinski definition) is 1. The topological polar surface area (TPSA) is 114 Å². The molecule has 1 N–H and O–H groups in total. The second kappa shape index (κ2) is 9.19. The van der Waals surface area contributed by atoms with Gasteiger partial charge < -0.3 is 14.5 Å². The average Bonchev–Trinajstić information content (AvgIpc) is 2.74. The number of H-pyrrole nitrogens is 1. The third kappa shape index (κ3) is 5.12. The van der Waals surface area contributed by atoms with Crippen molar-refractivity contribution < 1.29 is 27.0 Å². The molecule has 13 heteroatoms. The van der Waals surface area contributed by atoms with Crippen molar-refractivity contribution in [3.63, 3.8) is 0 Å². The summed E-state index contributed by atoms with van der Waals surface area (Å²) in [4.78, 5) is 18.1. The summed E-state index contributed by atoms with van der Waals surface area (Å²) in [7, 11) is 1.26. The van der Waals surface area contributed by atoms with E-state index in [9.17, 15) is 22.4 Å². The van der Waals surface area contributed by atoms with Gasteiger partial charge in [0.05, 0.1) is 30.9 Å². The smallest absolute Gasteiger partial charge is 0.437 e. The molecule has 0 aliphatic rings. The normalized spacial score (nSPS) is 11.2. The van der Waals surface area contributed by atoms with Crippen LogP contribution in [0.1, 0.15) is 28.3 Å². The van der Waals surface area contributed by atoms with Crippen LogP contribution < -0.4 is 15.0 Å². The van der Waals surface area contributed by atoms with Crippen molar-refractivity contribution in [1.29, 1.82) is 5.26 Å². The summed E-state index contributed by atoms with van der Waals surface area (Å²) in [6.45, 7) is -0.944. The number of rotatable bonds is 6. The predicted molar refractivity (Wildman–Crippen MR) is 102 cm³/mol. The molecular weight excluding hydrogens is 458 g/mol. The molecule has 0 spiro atoms. The van der Waals surface area contributed by atoms with Crippen molar-refractivity contribution >= 4 is 11.6 Å². The van der Waals surface area contributed by atoms with Gasteiger partial charge in [0.25, 0.3) is 5.56 Å². The molecule has 0 aliphatic carbocycles. The minimum atomic E-state index is -5.05. The molecule has 0 aliphatic heterocycles. The summed E-state index contributed by atoms with van der Waals surface area (Å²) < 4.78 is 63.9. The number of ether oxygens (including phenoxy) is 2. The first-order valence-corrected chi connectivity index (χ1v) is 9.06. The van der Waals surface area contributed by atoms with E-state index >= 15 is 0 Å². The zero-order valence-corrected chi connectivity index (χ0v) is 16.9. The predicted octanol–water partition coefficient (Wildman–Crippen LogP) is 3.96. The molecule has 3 rings (SSSR count). The van der Waals surface area contributed by atoms with Crippen LogP contribution in [0.4, 0.5) is 17.6 Å². The lowest BCUT2D eigenvalue weighted by Crippen LogP contribution is -2.22. The van der Waals surface area contributed by atoms with E-state index in [0.717, 1.165) is 12.1 Å². The van der Waals surface area contributed by atoms with Gasteiger partial charge in [0.15, 0.2) is 5.69 Å². The molecule has 0 bridgehead atoms. The lowest BCUT2D eigenvalue weighted by atomic mass is 10.2. The highest BCUT2D eigenvalue weighted by molar-refractivity contribution is 6.30. The van der Waals surface area contributed by atoms with Crippen LogP contribution >= 0.6 is 11.6 Å². The van der Waals surface area contributed by atoms with Crippen molar-refractivity contribution in [2.45, 2.75) is 19.3 Å². The molecule has 1 aromatic carbocycles. The van der Waals surface area contributed by atoms with Gasteiger partial charge in [-0.2, -0.15) is 23.5 Å². The van der Waals surface area contributed by atoms with Crippen LogP contribution in [0.2, 0.25) is 5.02 Å². The lowest BCUT2D eigenvalue weighted by Gasteiger charge is -2.14. The molecule has 0 saturated heterocycles. The first kappa shape index (κ1) is 23.0. The summed E-state index contributed by atoms with van der Waals surface area (Å²) in [5.41, 5.74) is -2.72. The number of methoxy groups -OCH3 is 1. The Kier molecular flexibility index (Phi) is 6.59. The monoisotopic (exact) mass is 469 g/mol. The highest BCUT2D eigenvalue weighted by Crippen LogP contribution is 2.35. The van der Waals surface area contributed by atoms with Crippen LogP contribution in [0.3, 0.4) is 0 Å². The summed E-state index contributed by atoms with van der Waals surface area (Å²) in [5.74, 6) is -1.86. The quantitative estimate of drug-likeness (QED) is 0.543. The zero-order chi connectivity index (χ0) is 23.5. The molecule has 8 nitrogen and oxygen atoms in total. The summed E-state index contributed by atoms with van der Waals surface area (Å²) in [5, 5.41) is 16.4. The van der Waals surface area contributed by atoms with Gasteiger partial charge in [-0.05, 0) is 24.3 Å². The minimum Gasteiger partial charge on any atom is -0.480 e. The minimum absolute atomic E-state index is 0.0174. The van der Waals surface area contributed by atoms with Gasteiger partial charge in [0.1, 0.15) is 18.2 Å².